The predicted octanol–water partition coefficient (Wildman–Crippen LogP) is 3.56. The second-order valence-electron chi connectivity index (χ2n) is 7.01. The van der Waals surface area contributed by atoms with Crippen molar-refractivity contribution >= 4 is 0 Å². The molecule has 1 aliphatic rings. The largest absolute Gasteiger partial charge is 0.390 e. The van der Waals surface area contributed by atoms with Gasteiger partial charge in [-0.05, 0) is 50.3 Å². The maximum Gasteiger partial charge on any atom is 0.134 e. The molecule has 3 nitrogen and oxygen atoms in total. The third-order valence-corrected chi connectivity index (χ3v) is 4.57. The van der Waals surface area contributed by atoms with Crippen LogP contribution in [0.25, 0.3) is 11.1 Å². The molecule has 1 fully saturated rings. The van der Waals surface area contributed by atoms with Crippen LogP contribution in [0.5, 0.6) is 0 Å². The van der Waals surface area contributed by atoms with E-state index in [-0.39, 0.29) is 5.41 Å². The van der Waals surface area contributed by atoms with Gasteiger partial charge >= 0.3 is 0 Å². The highest BCUT2D eigenvalue weighted by Crippen LogP contribution is 2.48. The Balaban J connectivity index is 1.86. The first-order valence-corrected chi connectivity index (χ1v) is 7.42. The van der Waals surface area contributed by atoms with Gasteiger partial charge in [-0.1, -0.05) is 25.1 Å². The number of aryl methyl sites for hydroxylation is 2. The normalized spacial score (nSPS) is 28.2. The van der Waals surface area contributed by atoms with Gasteiger partial charge in [0.1, 0.15) is 5.82 Å². The van der Waals surface area contributed by atoms with E-state index in [0.717, 1.165) is 29.8 Å². The molecule has 1 aliphatic carbocycles. The zero-order valence-electron chi connectivity index (χ0n) is 13.1. The molecule has 0 aliphatic heterocycles. The van der Waals surface area contributed by atoms with E-state index in [4.69, 9.17) is 0 Å². The topological polar surface area (TPSA) is 46.0 Å². The highest BCUT2D eigenvalue weighted by atomic mass is 16.3. The summed E-state index contributed by atoms with van der Waals surface area (Å²) in [6.07, 6.45) is 5.24. The summed E-state index contributed by atoms with van der Waals surface area (Å²) >= 11 is 0. The minimum atomic E-state index is -0.565. The Bertz CT molecular complexity index is 666. The van der Waals surface area contributed by atoms with Gasteiger partial charge < -0.3 is 5.11 Å². The smallest absolute Gasteiger partial charge is 0.134 e. The Hall–Kier alpha value is -1.74. The molecule has 3 heteroatoms. The second-order valence-corrected chi connectivity index (χ2v) is 7.01. The molecule has 1 aromatic heterocycles. The number of rotatable bonds is 2. The summed E-state index contributed by atoms with van der Waals surface area (Å²) in [6.45, 7) is 8.22. The van der Waals surface area contributed by atoms with Gasteiger partial charge in [-0.15, -0.1) is 0 Å². The summed E-state index contributed by atoms with van der Waals surface area (Å²) in [5.41, 5.74) is 4.10. The average molecular weight is 282 g/mol. The second kappa shape index (κ2) is 4.63. The number of benzene rings is 1. The van der Waals surface area contributed by atoms with E-state index in [1.165, 1.54) is 11.1 Å². The molecular formula is C18H22N2O. The van der Waals surface area contributed by atoms with E-state index >= 15 is 0 Å². The van der Waals surface area contributed by atoms with Crippen LogP contribution in [0.15, 0.2) is 30.6 Å². The molecule has 0 spiro atoms. The zero-order chi connectivity index (χ0) is 15.3. The van der Waals surface area contributed by atoms with Crippen LogP contribution in [0, 0.1) is 13.8 Å². The average Bonchev–Trinajstić information content (AvgIpc) is 2.40. The number of hydrogen-bond acceptors (Lipinski definition) is 3. The van der Waals surface area contributed by atoms with Crippen molar-refractivity contribution in [1.29, 1.82) is 0 Å². The Labute approximate surface area is 126 Å². The Morgan fingerprint density at radius 2 is 1.57 bits per heavy atom. The monoisotopic (exact) mass is 282 g/mol. The van der Waals surface area contributed by atoms with Crippen molar-refractivity contribution in [1.82, 2.24) is 9.97 Å². The van der Waals surface area contributed by atoms with Crippen molar-refractivity contribution < 1.29 is 5.11 Å². The van der Waals surface area contributed by atoms with Gasteiger partial charge in [0.15, 0.2) is 0 Å². The molecule has 1 saturated carbocycles. The van der Waals surface area contributed by atoms with Crippen LogP contribution in [0.1, 0.15) is 43.6 Å². The first kappa shape index (κ1) is 14.2. The van der Waals surface area contributed by atoms with Gasteiger partial charge in [0.25, 0.3) is 0 Å². The molecule has 1 aromatic carbocycles. The van der Waals surface area contributed by atoms with Gasteiger partial charge in [0.05, 0.1) is 5.60 Å². The number of aromatic nitrogens is 2. The van der Waals surface area contributed by atoms with Crippen molar-refractivity contribution in [2.45, 2.75) is 51.6 Å². The number of aliphatic hydroxyl groups is 1. The number of nitrogens with zero attached hydrogens (tertiary/aromatic N) is 2. The molecule has 3 rings (SSSR count). The molecule has 2 aromatic rings. The first-order valence-electron chi connectivity index (χ1n) is 7.42. The van der Waals surface area contributed by atoms with E-state index < -0.39 is 5.60 Å². The van der Waals surface area contributed by atoms with E-state index in [1.807, 2.05) is 19.3 Å². The van der Waals surface area contributed by atoms with Crippen molar-refractivity contribution in [2.75, 3.05) is 0 Å². The maximum atomic E-state index is 9.94. The van der Waals surface area contributed by atoms with Crippen LogP contribution in [0.3, 0.4) is 0 Å². The summed E-state index contributed by atoms with van der Waals surface area (Å²) in [5.74, 6) is 0.835. The molecule has 0 bridgehead atoms. The minimum Gasteiger partial charge on any atom is -0.390 e. The summed E-state index contributed by atoms with van der Waals surface area (Å²) in [6, 6.07) is 6.41. The van der Waals surface area contributed by atoms with Crippen molar-refractivity contribution in [3.8, 4) is 11.1 Å². The van der Waals surface area contributed by atoms with E-state index in [9.17, 15) is 5.11 Å². The van der Waals surface area contributed by atoms with E-state index in [0.29, 0.717) is 0 Å². The minimum absolute atomic E-state index is 0.0920. The molecule has 0 atom stereocenters. The molecule has 0 radical (unpaired) electrons. The Kier molecular flexibility index (Phi) is 3.14. The third kappa shape index (κ3) is 2.58. The van der Waals surface area contributed by atoms with Crippen LogP contribution in [-0.2, 0) is 5.41 Å². The third-order valence-electron chi connectivity index (χ3n) is 4.57. The van der Waals surface area contributed by atoms with Crippen molar-refractivity contribution in [3.05, 3.63) is 47.5 Å². The van der Waals surface area contributed by atoms with E-state index in [2.05, 4.69) is 48.9 Å². The van der Waals surface area contributed by atoms with Crippen molar-refractivity contribution in [3.63, 3.8) is 0 Å². The molecule has 110 valence electrons. The Morgan fingerprint density at radius 3 is 2.10 bits per heavy atom. The fraction of sp³-hybridized carbons (Fsp3) is 0.444. The summed E-state index contributed by atoms with van der Waals surface area (Å²) in [5, 5.41) is 9.94. The van der Waals surface area contributed by atoms with Gasteiger partial charge in [-0.3, -0.25) is 0 Å². The van der Waals surface area contributed by atoms with E-state index in [1.54, 1.807) is 0 Å². The van der Waals surface area contributed by atoms with Crippen LogP contribution in [-0.4, -0.2) is 20.7 Å². The molecular weight excluding hydrogens is 260 g/mol. The quantitative estimate of drug-likeness (QED) is 0.916. The SMILES string of the molecule is Cc1ccc(-c2cnc(C3(C)CC(C)(O)C3)nc2)cc1C. The lowest BCUT2D eigenvalue weighted by Gasteiger charge is -2.48. The standard InChI is InChI=1S/C18H22N2O/c1-12-5-6-14(7-13(12)2)15-8-19-16(20-9-15)17(3)10-18(4,21)11-17/h5-9,21H,10-11H2,1-4H3. The van der Waals surface area contributed by atoms with Crippen LogP contribution < -0.4 is 0 Å². The van der Waals surface area contributed by atoms with Gasteiger partial charge in [-0.25, -0.2) is 9.97 Å². The molecule has 0 amide bonds. The van der Waals surface area contributed by atoms with Gasteiger partial charge in [0.2, 0.25) is 0 Å². The molecule has 0 unspecified atom stereocenters. The highest BCUT2D eigenvalue weighted by molar-refractivity contribution is 5.63. The van der Waals surface area contributed by atoms with Crippen molar-refractivity contribution in [2.24, 2.45) is 0 Å². The molecule has 21 heavy (non-hydrogen) atoms. The summed E-state index contributed by atoms with van der Waals surface area (Å²) < 4.78 is 0. The first-order chi connectivity index (χ1) is 9.79. The molecule has 0 saturated heterocycles. The molecule has 1 heterocycles. The number of hydrogen-bond donors (Lipinski definition) is 1. The Morgan fingerprint density at radius 1 is 0.952 bits per heavy atom. The van der Waals surface area contributed by atoms with Gasteiger partial charge in [0, 0.05) is 23.4 Å². The van der Waals surface area contributed by atoms with Gasteiger partial charge in [-0.2, -0.15) is 0 Å². The zero-order valence-corrected chi connectivity index (χ0v) is 13.1. The van der Waals surface area contributed by atoms with Crippen LogP contribution in [0.2, 0.25) is 0 Å². The predicted molar refractivity (Wildman–Crippen MR) is 84.2 cm³/mol. The fourth-order valence-electron chi connectivity index (χ4n) is 3.50. The lowest BCUT2D eigenvalue weighted by atomic mass is 9.60. The summed E-state index contributed by atoms with van der Waals surface area (Å²) in [7, 11) is 0. The van der Waals surface area contributed by atoms with Crippen LogP contribution >= 0.6 is 0 Å². The molecule has 1 N–H and O–H groups in total. The summed E-state index contributed by atoms with van der Waals surface area (Å²) in [4.78, 5) is 9.09. The lowest BCUT2D eigenvalue weighted by molar-refractivity contribution is -0.0720. The maximum absolute atomic E-state index is 9.94. The lowest BCUT2D eigenvalue weighted by Crippen LogP contribution is -2.51. The fourth-order valence-corrected chi connectivity index (χ4v) is 3.50. The van der Waals surface area contributed by atoms with Crippen LogP contribution in [0.4, 0.5) is 0 Å². The highest BCUT2D eigenvalue weighted by Gasteiger charge is 2.50.